The third-order valence-electron chi connectivity index (χ3n) is 1.18. The second kappa shape index (κ2) is 2.53. The lowest BCUT2D eigenvalue weighted by atomic mass is 10.1. The summed E-state index contributed by atoms with van der Waals surface area (Å²) < 4.78 is 0. The predicted octanol–water partition coefficient (Wildman–Crippen LogP) is 1.72. The molecule has 2 N–H and O–H groups in total. The van der Waals surface area contributed by atoms with Gasteiger partial charge in [0.1, 0.15) is 0 Å². The molecule has 1 heteroatoms. The Labute approximate surface area is 55.5 Å². The van der Waals surface area contributed by atoms with Gasteiger partial charge in [0.05, 0.1) is 0 Å². The smallest absolute Gasteiger partial charge is 0.0316 e. The normalized spacial score (nSPS) is 9.44. The Morgan fingerprint density at radius 3 is 2.67 bits per heavy atom. The van der Waals surface area contributed by atoms with Crippen molar-refractivity contribution in [1.29, 1.82) is 0 Å². The number of anilines is 1. The number of hydrogen-bond donors (Lipinski definition) is 1. The second-order valence-corrected chi connectivity index (χ2v) is 1.88. The first-order valence-corrected chi connectivity index (χ1v) is 2.86. The van der Waals surface area contributed by atoms with Gasteiger partial charge in [0.2, 0.25) is 0 Å². The van der Waals surface area contributed by atoms with Gasteiger partial charge in [-0.3, -0.25) is 0 Å². The summed E-state index contributed by atoms with van der Waals surface area (Å²) in [5.41, 5.74) is 7.34. The van der Waals surface area contributed by atoms with E-state index < -0.39 is 0 Å². The Morgan fingerprint density at radius 2 is 2.22 bits per heavy atom. The van der Waals surface area contributed by atoms with E-state index in [4.69, 9.17) is 5.73 Å². The molecule has 2 radical (unpaired) electrons. The van der Waals surface area contributed by atoms with Gasteiger partial charge in [-0.05, 0) is 17.7 Å². The average molecular weight is 119 g/mol. The summed E-state index contributed by atoms with van der Waals surface area (Å²) in [4.78, 5) is 0. The summed E-state index contributed by atoms with van der Waals surface area (Å²) in [5, 5.41) is 0. The number of benzene rings is 1. The molecule has 9 heavy (non-hydrogen) atoms. The average Bonchev–Trinajstić information content (AvgIpc) is 1.88. The monoisotopic (exact) mass is 119 g/mol. The van der Waals surface area contributed by atoms with Gasteiger partial charge in [-0.25, -0.2) is 0 Å². The van der Waals surface area contributed by atoms with Crippen LogP contribution in [0.25, 0.3) is 0 Å². The highest BCUT2D eigenvalue weighted by atomic mass is 14.5. The topological polar surface area (TPSA) is 26.0 Å². The first-order valence-electron chi connectivity index (χ1n) is 2.86. The summed E-state index contributed by atoms with van der Waals surface area (Å²) in [7, 11) is 0. The maximum absolute atomic E-state index is 5.49. The molecular weight excluding hydrogens is 110 g/mol. The van der Waals surface area contributed by atoms with Gasteiger partial charge in [-0.1, -0.05) is 19.1 Å². The zero-order valence-electron chi connectivity index (χ0n) is 5.39. The molecule has 0 spiro atoms. The molecule has 0 aliphatic rings. The largest absolute Gasteiger partial charge is 0.399 e. The minimum Gasteiger partial charge on any atom is -0.399 e. The maximum atomic E-state index is 5.49. The van der Waals surface area contributed by atoms with Crippen LogP contribution in [-0.2, 0) is 0 Å². The van der Waals surface area contributed by atoms with Crippen molar-refractivity contribution in [2.45, 2.75) is 6.92 Å². The van der Waals surface area contributed by atoms with Gasteiger partial charge in [0.25, 0.3) is 0 Å². The minimum atomic E-state index is 0.793. The lowest BCUT2D eigenvalue weighted by Crippen LogP contribution is -1.84. The van der Waals surface area contributed by atoms with E-state index in [0.29, 0.717) is 0 Å². The van der Waals surface area contributed by atoms with Gasteiger partial charge in [-0.2, -0.15) is 0 Å². The molecule has 0 saturated carbocycles. The molecule has 0 unspecified atom stereocenters. The molecule has 1 aromatic rings. The van der Waals surface area contributed by atoms with E-state index in [1.54, 1.807) is 0 Å². The van der Waals surface area contributed by atoms with Crippen LogP contribution < -0.4 is 5.73 Å². The number of hydrogen-bond acceptors (Lipinski definition) is 1. The van der Waals surface area contributed by atoms with Gasteiger partial charge in [0.15, 0.2) is 0 Å². The number of rotatable bonds is 1. The van der Waals surface area contributed by atoms with Gasteiger partial charge in [0, 0.05) is 12.1 Å². The molecule has 1 nitrogen and oxygen atoms in total. The molecule has 1 aromatic carbocycles. The van der Waals surface area contributed by atoms with E-state index in [-0.39, 0.29) is 0 Å². The van der Waals surface area contributed by atoms with Crippen LogP contribution in [0.2, 0.25) is 0 Å². The lowest BCUT2D eigenvalue weighted by molar-refractivity contribution is 1.43. The highest BCUT2D eigenvalue weighted by Crippen LogP contribution is 2.07. The first kappa shape index (κ1) is 6.14. The molecule has 46 valence electrons. The molecule has 0 aromatic heterocycles. The number of nitrogen functional groups attached to an aromatic ring is 1. The van der Waals surface area contributed by atoms with Crippen LogP contribution in [0.3, 0.4) is 0 Å². The zero-order valence-corrected chi connectivity index (χ0v) is 5.39. The Morgan fingerprint density at radius 1 is 1.44 bits per heavy atom. The van der Waals surface area contributed by atoms with Crippen LogP contribution in [0.15, 0.2) is 24.3 Å². The van der Waals surface area contributed by atoms with Gasteiger partial charge in [-0.15, -0.1) is 0 Å². The highest BCUT2D eigenvalue weighted by Gasteiger charge is 1.87. The third kappa shape index (κ3) is 1.46. The molecular formula is C8H9N. The minimum absolute atomic E-state index is 0.793. The molecule has 0 fully saturated rings. The zero-order chi connectivity index (χ0) is 6.69. The van der Waals surface area contributed by atoms with Crippen LogP contribution >= 0.6 is 0 Å². The molecule has 0 bridgehead atoms. The van der Waals surface area contributed by atoms with E-state index in [1.165, 1.54) is 0 Å². The maximum Gasteiger partial charge on any atom is 0.0316 e. The van der Waals surface area contributed by atoms with Gasteiger partial charge >= 0.3 is 0 Å². The van der Waals surface area contributed by atoms with Crippen LogP contribution in [0.5, 0.6) is 0 Å². The standard InChI is InChI=1S/C8H9N/c1-2-7-4-3-5-8(9)6-7/h3-6H,9H2,1H3. The Balaban J connectivity index is 2.94. The van der Waals surface area contributed by atoms with Crippen molar-refractivity contribution in [3.8, 4) is 0 Å². The van der Waals surface area contributed by atoms with Crippen molar-refractivity contribution in [2.75, 3.05) is 5.73 Å². The van der Waals surface area contributed by atoms with Crippen LogP contribution in [0.1, 0.15) is 12.5 Å². The SMILES string of the molecule is C[C]c1cccc(N)c1. The van der Waals surface area contributed by atoms with Crippen molar-refractivity contribution in [1.82, 2.24) is 0 Å². The Hall–Kier alpha value is -0.980. The summed E-state index contributed by atoms with van der Waals surface area (Å²) in [6, 6.07) is 7.64. The molecule has 1 rings (SSSR count). The van der Waals surface area contributed by atoms with Crippen molar-refractivity contribution in [3.63, 3.8) is 0 Å². The lowest BCUT2D eigenvalue weighted by Gasteiger charge is -1.94. The van der Waals surface area contributed by atoms with Crippen LogP contribution in [-0.4, -0.2) is 0 Å². The predicted molar refractivity (Wildman–Crippen MR) is 38.9 cm³/mol. The van der Waals surface area contributed by atoms with Crippen LogP contribution in [0, 0.1) is 6.42 Å². The molecule has 0 aliphatic heterocycles. The summed E-state index contributed by atoms with van der Waals surface area (Å²) in [6.45, 7) is 1.87. The molecule has 0 amide bonds. The van der Waals surface area contributed by atoms with E-state index in [9.17, 15) is 0 Å². The Bertz CT molecular complexity index is 194. The fraction of sp³-hybridized carbons (Fsp3) is 0.125. The molecule has 0 aliphatic carbocycles. The van der Waals surface area contributed by atoms with Crippen molar-refractivity contribution < 1.29 is 0 Å². The second-order valence-electron chi connectivity index (χ2n) is 1.88. The fourth-order valence-electron chi connectivity index (χ4n) is 0.694. The number of nitrogens with two attached hydrogens (primary N) is 1. The van der Waals surface area contributed by atoms with E-state index in [0.717, 1.165) is 11.3 Å². The van der Waals surface area contributed by atoms with Crippen molar-refractivity contribution in [3.05, 3.63) is 36.2 Å². The summed E-state index contributed by atoms with van der Waals surface area (Å²) in [6.07, 6.45) is 2.99. The third-order valence-corrected chi connectivity index (χ3v) is 1.18. The molecule has 0 atom stereocenters. The van der Waals surface area contributed by atoms with E-state index >= 15 is 0 Å². The molecule has 0 saturated heterocycles. The Kier molecular flexibility index (Phi) is 1.73. The highest BCUT2D eigenvalue weighted by molar-refractivity contribution is 5.42. The molecule has 0 heterocycles. The fourth-order valence-corrected chi connectivity index (χ4v) is 0.694. The van der Waals surface area contributed by atoms with E-state index in [1.807, 2.05) is 31.2 Å². The van der Waals surface area contributed by atoms with Gasteiger partial charge < -0.3 is 5.73 Å². The van der Waals surface area contributed by atoms with Crippen LogP contribution in [0.4, 0.5) is 5.69 Å². The first-order chi connectivity index (χ1) is 4.33. The van der Waals surface area contributed by atoms with Crippen molar-refractivity contribution in [2.24, 2.45) is 0 Å². The summed E-state index contributed by atoms with van der Waals surface area (Å²) >= 11 is 0. The summed E-state index contributed by atoms with van der Waals surface area (Å²) in [5.74, 6) is 0. The van der Waals surface area contributed by atoms with E-state index in [2.05, 4.69) is 6.42 Å². The quantitative estimate of drug-likeness (QED) is 0.559. The van der Waals surface area contributed by atoms with Crippen molar-refractivity contribution >= 4 is 5.69 Å².